The second-order valence-corrected chi connectivity index (χ2v) is 5.28. The molecule has 5 heteroatoms. The molecule has 60 valence electrons. The van der Waals surface area contributed by atoms with Crippen molar-refractivity contribution in [1.29, 1.82) is 0 Å². The highest BCUT2D eigenvalue weighted by molar-refractivity contribution is 14.1. The largest absolute Gasteiger partial charge is 0.465 e. The van der Waals surface area contributed by atoms with E-state index in [1.807, 2.05) is 0 Å². The maximum atomic E-state index is 10.9. The second kappa shape index (κ2) is 3.73. The number of rotatable bonds is 1. The number of halogens is 2. The molecule has 0 spiro atoms. The molecule has 0 aliphatic carbocycles. The molecule has 0 unspecified atom stereocenters. The third kappa shape index (κ3) is 2.07. The molecule has 0 aromatic carbocycles. The number of esters is 1. The van der Waals surface area contributed by atoms with Crippen molar-refractivity contribution in [2.45, 2.75) is 0 Å². The smallest absolute Gasteiger partial charge is 0.340 e. The molecule has 0 amide bonds. The zero-order chi connectivity index (χ0) is 8.43. The zero-order valence-corrected chi connectivity index (χ0v) is 9.29. The first kappa shape index (κ1) is 9.28. The Hall–Kier alpha value is 0.190. The maximum Gasteiger partial charge on any atom is 0.340 e. The Kier molecular flexibility index (Phi) is 3.15. The predicted octanol–water partition coefficient (Wildman–Crippen LogP) is 2.79. The normalized spacial score (nSPS) is 9.73. The first-order valence-electron chi connectivity index (χ1n) is 2.68. The minimum atomic E-state index is -0.380. The van der Waals surface area contributed by atoms with Crippen LogP contribution in [0.4, 0.5) is 0 Å². The number of hydrogen-bond donors (Lipinski definition) is 0. The highest BCUT2D eigenvalue weighted by Crippen LogP contribution is 2.28. The molecule has 0 saturated heterocycles. The molecular formula is C6H4ClIO2S. The molecule has 0 aliphatic heterocycles. The summed E-state index contributed by atoms with van der Waals surface area (Å²) in [7, 11) is 1.34. The lowest BCUT2D eigenvalue weighted by Crippen LogP contribution is -1.99. The Morgan fingerprint density at radius 2 is 2.45 bits per heavy atom. The quantitative estimate of drug-likeness (QED) is 0.589. The summed E-state index contributed by atoms with van der Waals surface area (Å²) < 4.78 is 5.98. The topological polar surface area (TPSA) is 26.3 Å². The predicted molar refractivity (Wildman–Crippen MR) is 53.4 cm³/mol. The first-order chi connectivity index (χ1) is 5.15. The summed E-state index contributed by atoms with van der Waals surface area (Å²) in [6.07, 6.45) is 0. The van der Waals surface area contributed by atoms with E-state index in [2.05, 4.69) is 27.3 Å². The Balaban J connectivity index is 3.03. The van der Waals surface area contributed by atoms with E-state index in [0.717, 1.165) is 2.88 Å². The van der Waals surface area contributed by atoms with E-state index in [1.54, 1.807) is 6.07 Å². The van der Waals surface area contributed by atoms with Crippen LogP contribution in [-0.4, -0.2) is 13.1 Å². The summed E-state index contributed by atoms with van der Waals surface area (Å²) in [6, 6.07) is 1.71. The third-order valence-electron chi connectivity index (χ3n) is 1.06. The highest BCUT2D eigenvalue weighted by Gasteiger charge is 2.13. The van der Waals surface area contributed by atoms with E-state index < -0.39 is 0 Å². The molecule has 1 rings (SSSR count). The third-order valence-corrected chi connectivity index (χ3v) is 3.18. The van der Waals surface area contributed by atoms with Crippen molar-refractivity contribution in [3.63, 3.8) is 0 Å². The Morgan fingerprint density at radius 1 is 1.82 bits per heavy atom. The van der Waals surface area contributed by atoms with Crippen molar-refractivity contribution < 1.29 is 9.53 Å². The summed E-state index contributed by atoms with van der Waals surface area (Å²) in [5.74, 6) is -0.380. The fraction of sp³-hybridized carbons (Fsp3) is 0.167. The van der Waals surface area contributed by atoms with Gasteiger partial charge in [-0.15, -0.1) is 11.3 Å². The summed E-state index contributed by atoms with van der Waals surface area (Å²) in [6.45, 7) is 0. The highest BCUT2D eigenvalue weighted by atomic mass is 127. The van der Waals surface area contributed by atoms with Crippen LogP contribution >= 0.6 is 45.5 Å². The molecule has 0 radical (unpaired) electrons. The van der Waals surface area contributed by atoms with Gasteiger partial charge in [0, 0.05) is 0 Å². The van der Waals surface area contributed by atoms with Gasteiger partial charge in [-0.3, -0.25) is 0 Å². The van der Waals surface area contributed by atoms with Gasteiger partial charge in [0.2, 0.25) is 0 Å². The molecule has 11 heavy (non-hydrogen) atoms. The Labute approximate surface area is 86.6 Å². The first-order valence-corrected chi connectivity index (χ1v) is 4.95. The van der Waals surface area contributed by atoms with Crippen molar-refractivity contribution in [3.8, 4) is 0 Å². The number of thiophene rings is 1. The maximum absolute atomic E-state index is 10.9. The SMILES string of the molecule is COC(=O)c1cc(I)sc1Cl. The van der Waals surface area contributed by atoms with Crippen LogP contribution in [0.5, 0.6) is 0 Å². The molecule has 1 heterocycles. The standard InChI is InChI=1S/C6H4ClIO2S/c1-10-6(9)3-2-4(8)11-5(3)7/h2H,1H3. The van der Waals surface area contributed by atoms with Gasteiger partial charge in [0.05, 0.1) is 15.6 Å². The van der Waals surface area contributed by atoms with Gasteiger partial charge >= 0.3 is 5.97 Å². The van der Waals surface area contributed by atoms with Gasteiger partial charge < -0.3 is 4.74 Å². The Bertz CT molecular complexity index is 284. The van der Waals surface area contributed by atoms with Gasteiger partial charge in [-0.25, -0.2) is 4.79 Å². The van der Waals surface area contributed by atoms with Gasteiger partial charge in [-0.05, 0) is 28.7 Å². The molecule has 0 aliphatic rings. The Morgan fingerprint density at radius 3 is 2.82 bits per heavy atom. The van der Waals surface area contributed by atoms with Crippen LogP contribution in [0.3, 0.4) is 0 Å². The van der Waals surface area contributed by atoms with Gasteiger partial charge in [-0.1, -0.05) is 11.6 Å². The number of carbonyl (C=O) groups is 1. The summed E-state index contributed by atoms with van der Waals surface area (Å²) in [4.78, 5) is 10.9. The molecule has 1 aromatic heterocycles. The lowest BCUT2D eigenvalue weighted by Gasteiger charge is -1.93. The van der Waals surface area contributed by atoms with Crippen molar-refractivity contribution in [2.24, 2.45) is 0 Å². The average Bonchev–Trinajstić information content (AvgIpc) is 2.28. The van der Waals surface area contributed by atoms with Crippen LogP contribution in [-0.2, 0) is 4.74 Å². The minimum Gasteiger partial charge on any atom is -0.465 e. The van der Waals surface area contributed by atoms with Crippen LogP contribution in [0.2, 0.25) is 4.34 Å². The average molecular weight is 303 g/mol. The van der Waals surface area contributed by atoms with E-state index >= 15 is 0 Å². The van der Waals surface area contributed by atoms with Crippen LogP contribution < -0.4 is 0 Å². The van der Waals surface area contributed by atoms with Gasteiger partial charge in [-0.2, -0.15) is 0 Å². The van der Waals surface area contributed by atoms with Gasteiger partial charge in [0.15, 0.2) is 0 Å². The van der Waals surface area contributed by atoms with E-state index in [9.17, 15) is 4.79 Å². The van der Waals surface area contributed by atoms with Crippen LogP contribution in [0.1, 0.15) is 10.4 Å². The number of methoxy groups -OCH3 is 1. The minimum absolute atomic E-state index is 0.380. The molecular weight excluding hydrogens is 298 g/mol. The molecule has 2 nitrogen and oxygen atoms in total. The molecule has 0 saturated carbocycles. The van der Waals surface area contributed by atoms with Crippen molar-refractivity contribution in [2.75, 3.05) is 7.11 Å². The zero-order valence-electron chi connectivity index (χ0n) is 5.56. The molecule has 0 atom stereocenters. The fourth-order valence-corrected chi connectivity index (χ4v) is 2.93. The fourth-order valence-electron chi connectivity index (χ4n) is 0.589. The lowest BCUT2D eigenvalue weighted by atomic mass is 10.3. The number of ether oxygens (including phenoxy) is 1. The molecule has 0 fully saturated rings. The van der Waals surface area contributed by atoms with Gasteiger partial charge in [0.25, 0.3) is 0 Å². The van der Waals surface area contributed by atoms with E-state index in [-0.39, 0.29) is 5.97 Å². The monoisotopic (exact) mass is 302 g/mol. The van der Waals surface area contributed by atoms with Crippen molar-refractivity contribution in [3.05, 3.63) is 18.9 Å². The number of hydrogen-bond acceptors (Lipinski definition) is 3. The summed E-state index contributed by atoms with van der Waals surface area (Å²) in [5, 5.41) is 0. The van der Waals surface area contributed by atoms with Crippen LogP contribution in [0.25, 0.3) is 0 Å². The van der Waals surface area contributed by atoms with E-state index in [4.69, 9.17) is 11.6 Å². The summed E-state index contributed by atoms with van der Waals surface area (Å²) >= 11 is 9.20. The van der Waals surface area contributed by atoms with E-state index in [0.29, 0.717) is 9.90 Å². The van der Waals surface area contributed by atoms with Crippen molar-refractivity contribution >= 4 is 51.5 Å². The molecule has 1 aromatic rings. The molecule has 0 bridgehead atoms. The van der Waals surface area contributed by atoms with E-state index in [1.165, 1.54) is 18.4 Å². The van der Waals surface area contributed by atoms with Crippen molar-refractivity contribution in [1.82, 2.24) is 0 Å². The summed E-state index contributed by atoms with van der Waals surface area (Å²) in [5.41, 5.74) is 0.448. The lowest BCUT2D eigenvalue weighted by molar-refractivity contribution is 0.0601. The number of carbonyl (C=O) groups excluding carboxylic acids is 1. The second-order valence-electron chi connectivity index (χ2n) is 1.73. The molecule has 0 N–H and O–H groups in total. The van der Waals surface area contributed by atoms with Crippen LogP contribution in [0.15, 0.2) is 6.07 Å². The van der Waals surface area contributed by atoms with Crippen LogP contribution in [0, 0.1) is 2.88 Å². The van der Waals surface area contributed by atoms with Gasteiger partial charge in [0.1, 0.15) is 4.34 Å².